The van der Waals surface area contributed by atoms with Crippen LogP contribution in [0.2, 0.25) is 0 Å². The summed E-state index contributed by atoms with van der Waals surface area (Å²) in [6.07, 6.45) is 1.33. The van der Waals surface area contributed by atoms with Gasteiger partial charge >= 0.3 is 0 Å². The molecule has 0 aromatic heterocycles. The van der Waals surface area contributed by atoms with E-state index in [2.05, 4.69) is 56.0 Å². The average Bonchev–Trinajstić information content (AvgIpc) is 2.85. The van der Waals surface area contributed by atoms with E-state index >= 15 is 0 Å². The molecule has 1 heterocycles. The normalized spacial score (nSPS) is 22.6. The molecule has 1 aliphatic rings. The van der Waals surface area contributed by atoms with Gasteiger partial charge in [0.15, 0.2) is 0 Å². The molecule has 2 unspecified atom stereocenters. The lowest BCUT2D eigenvalue weighted by Crippen LogP contribution is -2.31. The molecule has 2 N–H and O–H groups in total. The van der Waals surface area contributed by atoms with Gasteiger partial charge in [-0.1, -0.05) is 51.1 Å². The van der Waals surface area contributed by atoms with Crippen LogP contribution >= 0.6 is 0 Å². The molecule has 0 spiro atoms. The third-order valence-electron chi connectivity index (χ3n) is 4.53. The summed E-state index contributed by atoms with van der Waals surface area (Å²) in [7, 11) is 0. The van der Waals surface area contributed by atoms with Crippen LogP contribution in [0.4, 0.5) is 0 Å². The van der Waals surface area contributed by atoms with Gasteiger partial charge in [0.05, 0.1) is 0 Å². The number of rotatable bonds is 4. The highest BCUT2D eigenvalue weighted by Crippen LogP contribution is 2.34. The molecule has 1 aromatic rings. The van der Waals surface area contributed by atoms with Gasteiger partial charge in [0.1, 0.15) is 0 Å². The number of benzene rings is 1. The van der Waals surface area contributed by atoms with Crippen molar-refractivity contribution in [3.05, 3.63) is 35.9 Å². The van der Waals surface area contributed by atoms with Crippen molar-refractivity contribution in [3.63, 3.8) is 0 Å². The molecule has 19 heavy (non-hydrogen) atoms. The van der Waals surface area contributed by atoms with E-state index < -0.39 is 0 Å². The standard InChI is InChI=1S/C17H28N2/c1-17(2,3)16-9-10-19(13-16)12-15(11-18)14-7-5-4-6-8-14/h4-8,15-16H,9-13,18H2,1-3H3. The Morgan fingerprint density at radius 3 is 2.47 bits per heavy atom. The molecule has 0 saturated carbocycles. The topological polar surface area (TPSA) is 29.3 Å². The predicted octanol–water partition coefficient (Wildman–Crippen LogP) is 3.10. The zero-order valence-electron chi connectivity index (χ0n) is 12.6. The lowest BCUT2D eigenvalue weighted by atomic mass is 9.80. The molecule has 2 rings (SSSR count). The van der Waals surface area contributed by atoms with E-state index in [1.807, 2.05) is 0 Å². The fourth-order valence-corrected chi connectivity index (χ4v) is 3.06. The lowest BCUT2D eigenvalue weighted by Gasteiger charge is -2.28. The van der Waals surface area contributed by atoms with E-state index in [0.717, 1.165) is 19.0 Å². The van der Waals surface area contributed by atoms with E-state index in [1.54, 1.807) is 0 Å². The van der Waals surface area contributed by atoms with Crippen LogP contribution in [0, 0.1) is 11.3 Å². The fraction of sp³-hybridized carbons (Fsp3) is 0.647. The Morgan fingerprint density at radius 1 is 1.26 bits per heavy atom. The molecule has 2 nitrogen and oxygen atoms in total. The van der Waals surface area contributed by atoms with Crippen LogP contribution < -0.4 is 5.73 Å². The summed E-state index contributed by atoms with van der Waals surface area (Å²) in [6, 6.07) is 10.7. The van der Waals surface area contributed by atoms with Gasteiger partial charge in [-0.05, 0) is 29.9 Å². The number of hydrogen-bond acceptors (Lipinski definition) is 2. The Labute approximate surface area is 118 Å². The summed E-state index contributed by atoms with van der Waals surface area (Å²) >= 11 is 0. The summed E-state index contributed by atoms with van der Waals surface area (Å²) in [4.78, 5) is 2.60. The van der Waals surface area contributed by atoms with Crippen LogP contribution in [0.15, 0.2) is 30.3 Å². The number of nitrogens with zero attached hydrogens (tertiary/aromatic N) is 1. The van der Waals surface area contributed by atoms with Gasteiger partial charge in [-0.15, -0.1) is 0 Å². The summed E-state index contributed by atoms with van der Waals surface area (Å²) in [5.74, 6) is 1.29. The second kappa shape index (κ2) is 6.06. The van der Waals surface area contributed by atoms with Crippen molar-refractivity contribution in [3.8, 4) is 0 Å². The van der Waals surface area contributed by atoms with Crippen molar-refractivity contribution < 1.29 is 0 Å². The minimum Gasteiger partial charge on any atom is -0.330 e. The Hall–Kier alpha value is -0.860. The minimum absolute atomic E-state index is 0.430. The van der Waals surface area contributed by atoms with Crippen LogP contribution in [0.1, 0.15) is 38.7 Å². The van der Waals surface area contributed by atoms with Gasteiger partial charge in [-0.25, -0.2) is 0 Å². The maximum Gasteiger partial charge on any atom is 0.00888 e. The highest BCUT2D eigenvalue weighted by molar-refractivity contribution is 5.20. The summed E-state index contributed by atoms with van der Waals surface area (Å²) < 4.78 is 0. The highest BCUT2D eigenvalue weighted by atomic mass is 15.1. The molecule has 106 valence electrons. The molecule has 1 fully saturated rings. The van der Waals surface area contributed by atoms with Crippen molar-refractivity contribution >= 4 is 0 Å². The molecule has 1 aliphatic heterocycles. The predicted molar refractivity (Wildman–Crippen MR) is 82.2 cm³/mol. The highest BCUT2D eigenvalue weighted by Gasteiger charge is 2.32. The van der Waals surface area contributed by atoms with Crippen LogP contribution in [-0.2, 0) is 0 Å². The van der Waals surface area contributed by atoms with E-state index in [-0.39, 0.29) is 0 Å². The van der Waals surface area contributed by atoms with Crippen LogP contribution in [0.5, 0.6) is 0 Å². The Bertz CT molecular complexity index is 380. The largest absolute Gasteiger partial charge is 0.330 e. The van der Waals surface area contributed by atoms with E-state index in [0.29, 0.717) is 11.3 Å². The zero-order valence-corrected chi connectivity index (χ0v) is 12.6. The Morgan fingerprint density at radius 2 is 1.95 bits per heavy atom. The van der Waals surface area contributed by atoms with Gasteiger partial charge in [0.25, 0.3) is 0 Å². The van der Waals surface area contributed by atoms with Gasteiger partial charge in [-0.2, -0.15) is 0 Å². The Kier molecular flexibility index (Phi) is 4.64. The summed E-state index contributed by atoms with van der Waals surface area (Å²) in [5.41, 5.74) is 7.79. The third-order valence-corrected chi connectivity index (χ3v) is 4.53. The van der Waals surface area contributed by atoms with Crippen molar-refractivity contribution in [2.75, 3.05) is 26.2 Å². The first-order chi connectivity index (χ1) is 9.00. The van der Waals surface area contributed by atoms with Crippen molar-refractivity contribution in [2.45, 2.75) is 33.1 Å². The van der Waals surface area contributed by atoms with Crippen molar-refractivity contribution in [2.24, 2.45) is 17.1 Å². The Balaban J connectivity index is 1.94. The molecule has 2 heteroatoms. The molecule has 1 aromatic carbocycles. The molecular weight excluding hydrogens is 232 g/mol. The maximum absolute atomic E-state index is 5.98. The SMILES string of the molecule is CC(C)(C)C1CCN(CC(CN)c2ccccc2)C1. The van der Waals surface area contributed by atoms with Crippen LogP contribution in [0.3, 0.4) is 0 Å². The summed E-state index contributed by atoms with van der Waals surface area (Å²) in [5, 5.41) is 0. The molecule has 0 bridgehead atoms. The van der Waals surface area contributed by atoms with Gasteiger partial charge in [0.2, 0.25) is 0 Å². The second-order valence-corrected chi connectivity index (χ2v) is 6.95. The lowest BCUT2D eigenvalue weighted by molar-refractivity contribution is 0.224. The summed E-state index contributed by atoms with van der Waals surface area (Å²) in [6.45, 7) is 11.4. The fourth-order valence-electron chi connectivity index (χ4n) is 3.06. The molecule has 2 atom stereocenters. The maximum atomic E-state index is 5.98. The first-order valence-electron chi connectivity index (χ1n) is 7.48. The second-order valence-electron chi connectivity index (χ2n) is 6.95. The third kappa shape index (κ3) is 3.80. The van der Waals surface area contributed by atoms with E-state index in [1.165, 1.54) is 25.1 Å². The van der Waals surface area contributed by atoms with Gasteiger partial charge in [-0.3, -0.25) is 0 Å². The molecule has 0 aliphatic carbocycles. The first-order valence-corrected chi connectivity index (χ1v) is 7.48. The smallest absolute Gasteiger partial charge is 0.00888 e. The van der Waals surface area contributed by atoms with Gasteiger partial charge < -0.3 is 10.6 Å². The number of nitrogens with two attached hydrogens (primary N) is 1. The van der Waals surface area contributed by atoms with Gasteiger partial charge in [0, 0.05) is 25.6 Å². The number of likely N-dealkylation sites (tertiary alicyclic amines) is 1. The molecule has 1 saturated heterocycles. The van der Waals surface area contributed by atoms with Crippen molar-refractivity contribution in [1.82, 2.24) is 4.90 Å². The molecule has 0 amide bonds. The van der Waals surface area contributed by atoms with E-state index in [4.69, 9.17) is 5.73 Å². The average molecular weight is 260 g/mol. The molecule has 0 radical (unpaired) electrons. The monoisotopic (exact) mass is 260 g/mol. The zero-order chi connectivity index (χ0) is 13.9. The van der Waals surface area contributed by atoms with E-state index in [9.17, 15) is 0 Å². The van der Waals surface area contributed by atoms with Crippen LogP contribution in [-0.4, -0.2) is 31.1 Å². The molecular formula is C17H28N2. The minimum atomic E-state index is 0.430. The first kappa shape index (κ1) is 14.5. The number of hydrogen-bond donors (Lipinski definition) is 1. The van der Waals surface area contributed by atoms with Crippen LogP contribution in [0.25, 0.3) is 0 Å². The quantitative estimate of drug-likeness (QED) is 0.901. The van der Waals surface area contributed by atoms with Crippen molar-refractivity contribution in [1.29, 1.82) is 0 Å².